The molecule has 0 saturated carbocycles. The van der Waals surface area contributed by atoms with E-state index in [2.05, 4.69) is 77.4 Å². The van der Waals surface area contributed by atoms with Crippen molar-refractivity contribution in [2.75, 3.05) is 26.2 Å². The van der Waals surface area contributed by atoms with Crippen LogP contribution in [0.3, 0.4) is 0 Å². The van der Waals surface area contributed by atoms with Gasteiger partial charge in [0.2, 0.25) is 0 Å². The van der Waals surface area contributed by atoms with Crippen molar-refractivity contribution in [2.24, 2.45) is 0 Å². The molecule has 0 aromatic heterocycles. The maximum absolute atomic E-state index is 3.73. The summed E-state index contributed by atoms with van der Waals surface area (Å²) in [6, 6.07) is 9.09. The van der Waals surface area contributed by atoms with E-state index in [-0.39, 0.29) is 0 Å². The van der Waals surface area contributed by atoms with E-state index >= 15 is 0 Å². The first-order valence-electron chi connectivity index (χ1n) is 9.18. The molecule has 0 bridgehead atoms. The van der Waals surface area contributed by atoms with Crippen LogP contribution in [0.5, 0.6) is 0 Å². The smallest absolute Gasteiger partial charge is 0.0212 e. The normalized spacial score (nSPS) is 18.1. The first-order chi connectivity index (χ1) is 12.7. The van der Waals surface area contributed by atoms with Crippen LogP contribution in [0.4, 0.5) is 0 Å². The molecule has 0 saturated heterocycles. The quantitative estimate of drug-likeness (QED) is 0.468. The highest BCUT2D eigenvalue weighted by Crippen LogP contribution is 2.38. The Morgan fingerprint density at radius 1 is 0.500 bits per heavy atom. The minimum atomic E-state index is 0.881. The van der Waals surface area contributed by atoms with Crippen LogP contribution in [0.2, 0.25) is 0 Å². The Morgan fingerprint density at radius 2 is 0.769 bits per heavy atom. The maximum Gasteiger partial charge on any atom is 0.0212 e. The van der Waals surface area contributed by atoms with Gasteiger partial charge in [0, 0.05) is 61.3 Å². The van der Waals surface area contributed by atoms with Gasteiger partial charge in [0.05, 0.1) is 0 Å². The highest BCUT2D eigenvalue weighted by atomic mass is 79.9. The summed E-state index contributed by atoms with van der Waals surface area (Å²) in [5, 5.41) is 14.3. The molecule has 2 aromatic rings. The number of nitrogens with one attached hydrogen (secondary N) is 4. The van der Waals surface area contributed by atoms with E-state index in [0.29, 0.717) is 0 Å². The van der Waals surface area contributed by atoms with Crippen molar-refractivity contribution in [1.29, 1.82) is 0 Å². The molecule has 0 aliphatic carbocycles. The Kier molecular flexibility index (Phi) is 6.08. The fourth-order valence-corrected chi connectivity index (χ4v) is 5.00. The molecule has 0 atom stereocenters. The van der Waals surface area contributed by atoms with Gasteiger partial charge in [0.15, 0.2) is 0 Å². The molecule has 4 rings (SSSR count). The summed E-state index contributed by atoms with van der Waals surface area (Å²) in [5.74, 6) is 0. The van der Waals surface area contributed by atoms with Crippen molar-refractivity contribution in [3.05, 3.63) is 55.5 Å². The lowest BCUT2D eigenvalue weighted by molar-refractivity contribution is 0.596. The third kappa shape index (κ3) is 4.06. The molecule has 4 N–H and O–H groups in total. The van der Waals surface area contributed by atoms with Gasteiger partial charge in [-0.3, -0.25) is 0 Å². The predicted molar refractivity (Wildman–Crippen MR) is 114 cm³/mol. The number of benzene rings is 2. The Balaban J connectivity index is 2.00. The average molecular weight is 480 g/mol. The molecule has 26 heavy (non-hydrogen) atoms. The fourth-order valence-electron chi connectivity index (χ4n) is 3.90. The lowest BCUT2D eigenvalue weighted by Gasteiger charge is -2.25. The standard InChI is InChI=1S/C20H24Br2N4/c21-17-5-13-9-23-1-2-24-10-14-6-18(22)8-16-12-26-4-3-25-11-15(7-17)19(13)20(14)16/h5-8,23-26H,1-4,9-12H2. The zero-order chi connectivity index (χ0) is 17.9. The third-order valence-corrected chi connectivity index (χ3v) is 5.92. The van der Waals surface area contributed by atoms with Crippen LogP contribution in [0.1, 0.15) is 22.3 Å². The summed E-state index contributed by atoms with van der Waals surface area (Å²) < 4.78 is 2.31. The van der Waals surface area contributed by atoms with Gasteiger partial charge < -0.3 is 21.3 Å². The van der Waals surface area contributed by atoms with Gasteiger partial charge >= 0.3 is 0 Å². The van der Waals surface area contributed by atoms with Crippen molar-refractivity contribution in [3.8, 4) is 11.1 Å². The highest BCUT2D eigenvalue weighted by Gasteiger charge is 2.21. The lowest BCUT2D eigenvalue weighted by Crippen LogP contribution is -2.31. The van der Waals surface area contributed by atoms with Gasteiger partial charge in [-0.2, -0.15) is 0 Å². The lowest BCUT2D eigenvalue weighted by atomic mass is 9.87. The number of hydrogen-bond acceptors (Lipinski definition) is 4. The van der Waals surface area contributed by atoms with Crippen molar-refractivity contribution in [2.45, 2.75) is 26.2 Å². The highest BCUT2D eigenvalue weighted by molar-refractivity contribution is 9.10. The summed E-state index contributed by atoms with van der Waals surface area (Å²) in [4.78, 5) is 0. The van der Waals surface area contributed by atoms with Crippen molar-refractivity contribution >= 4 is 31.9 Å². The Morgan fingerprint density at radius 3 is 1.04 bits per heavy atom. The van der Waals surface area contributed by atoms with Crippen LogP contribution < -0.4 is 21.3 Å². The molecule has 4 nitrogen and oxygen atoms in total. The van der Waals surface area contributed by atoms with E-state index in [9.17, 15) is 0 Å². The molecule has 2 aromatic carbocycles. The molecule has 0 fully saturated rings. The van der Waals surface area contributed by atoms with Crippen LogP contribution in [0, 0.1) is 0 Å². The number of halogens is 2. The largest absolute Gasteiger partial charge is 0.311 e. The van der Waals surface area contributed by atoms with Gasteiger partial charge in [-0.15, -0.1) is 0 Å². The van der Waals surface area contributed by atoms with Crippen molar-refractivity contribution in [1.82, 2.24) is 21.3 Å². The van der Waals surface area contributed by atoms with Crippen LogP contribution >= 0.6 is 31.9 Å². The van der Waals surface area contributed by atoms with Crippen molar-refractivity contribution < 1.29 is 0 Å². The summed E-state index contributed by atoms with van der Waals surface area (Å²) in [6.45, 7) is 7.40. The van der Waals surface area contributed by atoms with Crippen LogP contribution in [0.25, 0.3) is 11.1 Å². The van der Waals surface area contributed by atoms with Gasteiger partial charge in [-0.25, -0.2) is 0 Å². The number of rotatable bonds is 0. The van der Waals surface area contributed by atoms with Gasteiger partial charge in [-0.1, -0.05) is 31.9 Å². The average Bonchev–Trinajstić information content (AvgIpc) is 2.61. The van der Waals surface area contributed by atoms with Crippen LogP contribution in [0.15, 0.2) is 33.2 Å². The predicted octanol–water partition coefficient (Wildman–Crippen LogP) is 3.26. The van der Waals surface area contributed by atoms with Gasteiger partial charge in [0.1, 0.15) is 0 Å². The van der Waals surface area contributed by atoms with Crippen LogP contribution in [-0.2, 0) is 26.2 Å². The minimum absolute atomic E-state index is 0.881. The zero-order valence-corrected chi connectivity index (χ0v) is 17.9. The monoisotopic (exact) mass is 478 g/mol. The Labute approximate surface area is 171 Å². The SMILES string of the molecule is Brc1cc2c3c(c1)CNCCNCc1cc(Br)cc(c1-3)CNCCNC2. The summed E-state index contributed by atoms with van der Waals surface area (Å²) in [5.41, 5.74) is 8.23. The fraction of sp³-hybridized carbons (Fsp3) is 0.400. The van der Waals surface area contributed by atoms with Gasteiger partial charge in [-0.05, 0) is 57.6 Å². The summed E-state index contributed by atoms with van der Waals surface area (Å²) in [7, 11) is 0. The topological polar surface area (TPSA) is 48.1 Å². The second-order valence-corrected chi connectivity index (χ2v) is 8.74. The van der Waals surface area contributed by atoms with E-state index < -0.39 is 0 Å². The van der Waals surface area contributed by atoms with E-state index in [1.54, 1.807) is 0 Å². The first-order valence-corrected chi connectivity index (χ1v) is 10.8. The molecule has 0 unspecified atom stereocenters. The zero-order valence-electron chi connectivity index (χ0n) is 14.7. The molecule has 2 aliphatic rings. The summed E-state index contributed by atoms with van der Waals surface area (Å²) in [6.07, 6.45) is 0. The molecule has 2 aliphatic heterocycles. The Bertz CT molecular complexity index is 681. The van der Waals surface area contributed by atoms with E-state index in [1.807, 2.05) is 0 Å². The second kappa shape index (κ2) is 8.50. The Hall–Kier alpha value is -0.760. The van der Waals surface area contributed by atoms with Crippen molar-refractivity contribution in [3.63, 3.8) is 0 Å². The summed E-state index contributed by atoms with van der Waals surface area (Å²) >= 11 is 7.45. The third-order valence-electron chi connectivity index (χ3n) is 5.00. The molecular formula is C20H24Br2N4. The first kappa shape index (κ1) is 18.6. The molecule has 0 spiro atoms. The maximum atomic E-state index is 3.73. The van der Waals surface area contributed by atoms with E-state index in [4.69, 9.17) is 0 Å². The molecular weight excluding hydrogens is 456 g/mol. The molecule has 0 radical (unpaired) electrons. The molecule has 6 heteroatoms. The van der Waals surface area contributed by atoms with E-state index in [1.165, 1.54) is 33.4 Å². The number of hydrogen-bond donors (Lipinski definition) is 4. The second-order valence-electron chi connectivity index (χ2n) is 6.91. The van der Waals surface area contributed by atoms with Crippen LogP contribution in [-0.4, -0.2) is 26.2 Å². The molecule has 0 amide bonds. The molecule has 138 valence electrons. The van der Waals surface area contributed by atoms with E-state index in [0.717, 1.165) is 61.3 Å². The molecule has 2 heterocycles. The minimum Gasteiger partial charge on any atom is -0.311 e. The van der Waals surface area contributed by atoms with Gasteiger partial charge in [0.25, 0.3) is 0 Å².